The van der Waals surface area contributed by atoms with Crippen LogP contribution in [0.15, 0.2) is 48.5 Å². The molecular weight excluding hydrogens is 274 g/mol. The van der Waals surface area contributed by atoms with Crippen molar-refractivity contribution in [3.05, 3.63) is 65.2 Å². The highest BCUT2D eigenvalue weighted by Gasteiger charge is 2.10. The van der Waals surface area contributed by atoms with E-state index in [9.17, 15) is 4.79 Å². The van der Waals surface area contributed by atoms with E-state index in [0.717, 1.165) is 11.3 Å². The monoisotopic (exact) mass is 297 g/mol. The quantitative estimate of drug-likeness (QED) is 0.877. The van der Waals surface area contributed by atoms with E-state index in [0.29, 0.717) is 18.7 Å². The average molecular weight is 297 g/mol. The molecule has 2 aromatic rings. The highest BCUT2D eigenvalue weighted by molar-refractivity contribution is 5.94. The third-order valence-electron chi connectivity index (χ3n) is 3.67. The Bertz CT molecular complexity index is 623. The largest absolute Gasteiger partial charge is 0.494 e. The number of amides is 1. The van der Waals surface area contributed by atoms with Gasteiger partial charge in [-0.3, -0.25) is 4.79 Å². The summed E-state index contributed by atoms with van der Waals surface area (Å²) < 4.78 is 5.50. The van der Waals surface area contributed by atoms with Crippen LogP contribution in [-0.2, 0) is 0 Å². The van der Waals surface area contributed by atoms with Crippen LogP contribution in [0.5, 0.6) is 5.75 Å². The third kappa shape index (κ3) is 4.10. The topological polar surface area (TPSA) is 38.3 Å². The first-order chi connectivity index (χ1) is 10.6. The Labute approximate surface area is 132 Å². The fourth-order valence-corrected chi connectivity index (χ4v) is 2.36. The van der Waals surface area contributed by atoms with E-state index >= 15 is 0 Å². The number of aryl methyl sites for hydroxylation is 1. The summed E-state index contributed by atoms with van der Waals surface area (Å²) in [6.07, 6.45) is 0. The van der Waals surface area contributed by atoms with E-state index in [2.05, 4.69) is 24.4 Å². The van der Waals surface area contributed by atoms with E-state index in [-0.39, 0.29) is 11.8 Å². The van der Waals surface area contributed by atoms with Crippen LogP contribution in [0.3, 0.4) is 0 Å². The van der Waals surface area contributed by atoms with Crippen molar-refractivity contribution in [3.63, 3.8) is 0 Å². The summed E-state index contributed by atoms with van der Waals surface area (Å²) in [5.41, 5.74) is 2.87. The number of benzene rings is 2. The maximum atomic E-state index is 12.2. The van der Waals surface area contributed by atoms with Gasteiger partial charge in [-0.25, -0.2) is 0 Å². The molecule has 1 N–H and O–H groups in total. The fraction of sp³-hybridized carbons (Fsp3) is 0.316. The normalized spacial score (nSPS) is 11.8. The van der Waals surface area contributed by atoms with Gasteiger partial charge in [0.1, 0.15) is 5.75 Å². The lowest BCUT2D eigenvalue weighted by Crippen LogP contribution is -2.27. The molecule has 22 heavy (non-hydrogen) atoms. The van der Waals surface area contributed by atoms with Crippen LogP contribution in [0.4, 0.5) is 0 Å². The van der Waals surface area contributed by atoms with Crippen LogP contribution in [0.1, 0.15) is 41.3 Å². The van der Waals surface area contributed by atoms with Crippen LogP contribution in [0.2, 0.25) is 0 Å². The van der Waals surface area contributed by atoms with Gasteiger partial charge in [-0.05, 0) is 49.1 Å². The summed E-state index contributed by atoms with van der Waals surface area (Å²) in [7, 11) is 0. The lowest BCUT2D eigenvalue weighted by molar-refractivity contribution is 0.0951. The first-order valence-corrected chi connectivity index (χ1v) is 7.68. The zero-order valence-corrected chi connectivity index (χ0v) is 13.4. The molecule has 0 unspecified atom stereocenters. The Morgan fingerprint density at radius 1 is 1.18 bits per heavy atom. The molecule has 0 aliphatic heterocycles. The van der Waals surface area contributed by atoms with E-state index in [1.165, 1.54) is 5.56 Å². The second-order valence-electron chi connectivity index (χ2n) is 5.44. The molecular formula is C19H23NO2. The Morgan fingerprint density at radius 3 is 2.55 bits per heavy atom. The summed E-state index contributed by atoms with van der Waals surface area (Å²) in [5, 5.41) is 3.00. The predicted molar refractivity (Wildman–Crippen MR) is 89.5 cm³/mol. The highest BCUT2D eigenvalue weighted by atomic mass is 16.5. The lowest BCUT2D eigenvalue weighted by Gasteiger charge is -2.14. The van der Waals surface area contributed by atoms with Crippen LogP contribution < -0.4 is 10.1 Å². The first-order valence-electron chi connectivity index (χ1n) is 7.68. The molecule has 0 bridgehead atoms. The van der Waals surface area contributed by atoms with Gasteiger partial charge in [0.05, 0.1) is 6.61 Å². The van der Waals surface area contributed by atoms with Crippen LogP contribution in [0.25, 0.3) is 0 Å². The number of nitrogens with one attached hydrogen (secondary N) is 1. The second kappa shape index (κ2) is 7.64. The van der Waals surface area contributed by atoms with Crippen molar-refractivity contribution in [3.8, 4) is 5.75 Å². The van der Waals surface area contributed by atoms with Crippen LogP contribution in [-0.4, -0.2) is 19.1 Å². The Kier molecular flexibility index (Phi) is 5.59. The molecule has 3 nitrogen and oxygen atoms in total. The van der Waals surface area contributed by atoms with Gasteiger partial charge in [-0.1, -0.05) is 37.3 Å². The minimum atomic E-state index is -0.0473. The van der Waals surface area contributed by atoms with Crippen molar-refractivity contribution < 1.29 is 9.53 Å². The first kappa shape index (κ1) is 16.1. The standard InChI is InChI=1S/C19H23NO2/c1-4-22-18-11-10-17(12-14(18)2)19(21)20-13-15(3)16-8-6-5-7-9-16/h5-12,15H,4,13H2,1-3H3,(H,20,21)/t15-/m1/s1. The summed E-state index contributed by atoms with van der Waals surface area (Å²) in [6.45, 7) is 7.26. The number of carbonyl (C=O) groups is 1. The summed E-state index contributed by atoms with van der Waals surface area (Å²) in [5.74, 6) is 1.07. The zero-order valence-electron chi connectivity index (χ0n) is 13.4. The smallest absolute Gasteiger partial charge is 0.251 e. The average Bonchev–Trinajstić information content (AvgIpc) is 2.55. The van der Waals surface area contributed by atoms with Crippen LogP contribution in [0, 0.1) is 6.92 Å². The minimum Gasteiger partial charge on any atom is -0.494 e. The third-order valence-corrected chi connectivity index (χ3v) is 3.67. The van der Waals surface area contributed by atoms with E-state index in [1.807, 2.05) is 44.2 Å². The van der Waals surface area contributed by atoms with Gasteiger partial charge in [-0.15, -0.1) is 0 Å². The van der Waals surface area contributed by atoms with Crippen molar-refractivity contribution in [1.82, 2.24) is 5.32 Å². The summed E-state index contributed by atoms with van der Waals surface area (Å²) in [6, 6.07) is 15.7. The number of hydrogen-bond donors (Lipinski definition) is 1. The van der Waals surface area contributed by atoms with Gasteiger partial charge in [-0.2, -0.15) is 0 Å². The summed E-state index contributed by atoms with van der Waals surface area (Å²) in [4.78, 5) is 12.2. The van der Waals surface area contributed by atoms with Gasteiger partial charge in [0.2, 0.25) is 0 Å². The van der Waals surface area contributed by atoms with Crippen molar-refractivity contribution in [2.24, 2.45) is 0 Å². The van der Waals surface area contributed by atoms with Crippen LogP contribution >= 0.6 is 0 Å². The van der Waals surface area contributed by atoms with Crippen molar-refractivity contribution in [2.75, 3.05) is 13.2 Å². The molecule has 0 saturated heterocycles. The number of rotatable bonds is 6. The summed E-state index contributed by atoms with van der Waals surface area (Å²) >= 11 is 0. The molecule has 0 spiro atoms. The molecule has 0 aliphatic carbocycles. The Hall–Kier alpha value is -2.29. The predicted octanol–water partition coefficient (Wildman–Crippen LogP) is 3.93. The molecule has 3 heteroatoms. The molecule has 0 radical (unpaired) electrons. The van der Waals surface area contributed by atoms with E-state index in [1.54, 1.807) is 6.07 Å². The molecule has 1 atom stereocenters. The molecule has 0 saturated carbocycles. The Morgan fingerprint density at radius 2 is 1.91 bits per heavy atom. The molecule has 116 valence electrons. The molecule has 0 aromatic heterocycles. The van der Waals surface area contributed by atoms with Crippen molar-refractivity contribution in [1.29, 1.82) is 0 Å². The SMILES string of the molecule is CCOc1ccc(C(=O)NC[C@@H](C)c2ccccc2)cc1C. The van der Waals surface area contributed by atoms with Gasteiger partial charge in [0.25, 0.3) is 5.91 Å². The van der Waals surface area contributed by atoms with Gasteiger partial charge in [0, 0.05) is 12.1 Å². The molecule has 0 aliphatic rings. The molecule has 2 aromatic carbocycles. The minimum absolute atomic E-state index is 0.0473. The van der Waals surface area contributed by atoms with Gasteiger partial charge < -0.3 is 10.1 Å². The maximum Gasteiger partial charge on any atom is 0.251 e. The second-order valence-corrected chi connectivity index (χ2v) is 5.44. The van der Waals surface area contributed by atoms with Gasteiger partial charge in [0.15, 0.2) is 0 Å². The number of ether oxygens (including phenoxy) is 1. The Balaban J connectivity index is 1.96. The number of carbonyl (C=O) groups excluding carboxylic acids is 1. The number of hydrogen-bond acceptors (Lipinski definition) is 2. The van der Waals surface area contributed by atoms with E-state index in [4.69, 9.17) is 4.74 Å². The molecule has 0 fully saturated rings. The molecule has 0 heterocycles. The maximum absolute atomic E-state index is 12.2. The molecule has 2 rings (SSSR count). The van der Waals surface area contributed by atoms with Crippen molar-refractivity contribution in [2.45, 2.75) is 26.7 Å². The van der Waals surface area contributed by atoms with E-state index < -0.39 is 0 Å². The van der Waals surface area contributed by atoms with Crippen molar-refractivity contribution >= 4 is 5.91 Å². The zero-order chi connectivity index (χ0) is 15.9. The highest BCUT2D eigenvalue weighted by Crippen LogP contribution is 2.19. The van der Waals surface area contributed by atoms with Gasteiger partial charge >= 0.3 is 0 Å². The molecule has 1 amide bonds. The lowest BCUT2D eigenvalue weighted by atomic mass is 10.0. The fourth-order valence-electron chi connectivity index (χ4n) is 2.36.